The summed E-state index contributed by atoms with van der Waals surface area (Å²) in [4.78, 5) is 32.9. The van der Waals surface area contributed by atoms with Crippen molar-refractivity contribution in [2.24, 2.45) is 0 Å². The predicted molar refractivity (Wildman–Crippen MR) is 116 cm³/mol. The molecule has 4 aromatic rings. The van der Waals surface area contributed by atoms with Gasteiger partial charge in [-0.05, 0) is 62.2 Å². The Morgan fingerprint density at radius 3 is 2.45 bits per heavy atom. The van der Waals surface area contributed by atoms with Crippen molar-refractivity contribution in [2.75, 3.05) is 4.90 Å². The molecular formula is C25H19FN2O3. The van der Waals surface area contributed by atoms with Crippen LogP contribution < -0.4 is 10.3 Å². The fraction of sp³-hybridized carbons (Fsp3) is 0.160. The molecule has 0 spiro atoms. The number of benzene rings is 2. The van der Waals surface area contributed by atoms with Crippen molar-refractivity contribution in [3.8, 4) is 0 Å². The molecular weight excluding hydrogens is 395 g/mol. The van der Waals surface area contributed by atoms with Crippen LogP contribution >= 0.6 is 0 Å². The zero-order valence-corrected chi connectivity index (χ0v) is 17.3. The Morgan fingerprint density at radius 2 is 1.71 bits per heavy atom. The van der Waals surface area contributed by atoms with E-state index in [0.717, 1.165) is 11.1 Å². The molecule has 0 N–H and O–H groups in total. The van der Waals surface area contributed by atoms with Crippen LogP contribution in [0.5, 0.6) is 0 Å². The maximum atomic E-state index is 14.9. The highest BCUT2D eigenvalue weighted by molar-refractivity contribution is 6.10. The number of pyridine rings is 1. The van der Waals surface area contributed by atoms with Gasteiger partial charge in [-0.25, -0.2) is 9.37 Å². The van der Waals surface area contributed by atoms with Gasteiger partial charge in [0.15, 0.2) is 5.43 Å². The highest BCUT2D eigenvalue weighted by atomic mass is 19.1. The van der Waals surface area contributed by atoms with E-state index in [1.54, 1.807) is 55.5 Å². The first kappa shape index (κ1) is 19.2. The summed E-state index contributed by atoms with van der Waals surface area (Å²) in [5, 5.41) is 0.370. The standard InChI is InChI=1S/C25H19FN2O3/c1-13-11-17-19(12-14(13)2)31-24-21(23(17)29)22(16-8-4-5-9-18(16)26)28(25(24)30)20-10-6-7-15(3)27-20/h4-12,22H,1-3H3. The second-order valence-corrected chi connectivity index (χ2v) is 7.84. The molecule has 1 aliphatic rings. The normalized spacial score (nSPS) is 15.5. The molecule has 1 amide bonds. The number of carbonyl (C=O) groups excluding carboxylic acids is 1. The van der Waals surface area contributed by atoms with E-state index in [0.29, 0.717) is 22.5 Å². The average molecular weight is 414 g/mol. The number of amides is 1. The maximum absolute atomic E-state index is 14.9. The van der Waals surface area contributed by atoms with E-state index in [2.05, 4.69) is 4.98 Å². The van der Waals surface area contributed by atoms with E-state index >= 15 is 0 Å². The van der Waals surface area contributed by atoms with Crippen LogP contribution in [0.3, 0.4) is 0 Å². The average Bonchev–Trinajstić information content (AvgIpc) is 3.02. The number of halogens is 1. The van der Waals surface area contributed by atoms with Crippen molar-refractivity contribution < 1.29 is 13.6 Å². The minimum Gasteiger partial charge on any atom is -0.450 e. The van der Waals surface area contributed by atoms with Crippen LogP contribution in [-0.2, 0) is 0 Å². The van der Waals surface area contributed by atoms with Gasteiger partial charge < -0.3 is 4.42 Å². The Kier molecular flexibility index (Phi) is 4.25. The number of nitrogens with zero attached hydrogens (tertiary/aromatic N) is 2. The van der Waals surface area contributed by atoms with Gasteiger partial charge >= 0.3 is 0 Å². The Hall–Kier alpha value is -3.80. The summed E-state index contributed by atoms with van der Waals surface area (Å²) in [6, 6.07) is 13.9. The quantitative estimate of drug-likeness (QED) is 0.463. The van der Waals surface area contributed by atoms with Crippen molar-refractivity contribution in [2.45, 2.75) is 26.8 Å². The van der Waals surface area contributed by atoms with Gasteiger partial charge in [0.1, 0.15) is 17.2 Å². The first-order valence-corrected chi connectivity index (χ1v) is 9.96. The lowest BCUT2D eigenvalue weighted by molar-refractivity contribution is 0.0970. The summed E-state index contributed by atoms with van der Waals surface area (Å²) >= 11 is 0. The molecule has 3 heterocycles. The molecule has 1 aliphatic heterocycles. The topological polar surface area (TPSA) is 63.4 Å². The molecule has 0 saturated carbocycles. The number of hydrogen-bond donors (Lipinski definition) is 0. The fourth-order valence-electron chi connectivity index (χ4n) is 4.12. The van der Waals surface area contributed by atoms with E-state index < -0.39 is 17.8 Å². The number of anilines is 1. The second kappa shape index (κ2) is 6.87. The Balaban J connectivity index is 1.86. The van der Waals surface area contributed by atoms with Crippen molar-refractivity contribution >= 4 is 22.7 Å². The van der Waals surface area contributed by atoms with Gasteiger partial charge in [0.2, 0.25) is 5.76 Å². The van der Waals surface area contributed by atoms with Gasteiger partial charge in [-0.3, -0.25) is 14.5 Å². The number of aromatic nitrogens is 1. The lowest BCUT2D eigenvalue weighted by Crippen LogP contribution is -2.31. The predicted octanol–water partition coefficient (Wildman–Crippen LogP) is 5.00. The summed E-state index contributed by atoms with van der Waals surface area (Å²) in [7, 11) is 0. The highest BCUT2D eigenvalue weighted by Gasteiger charge is 2.45. The maximum Gasteiger partial charge on any atom is 0.296 e. The molecule has 0 bridgehead atoms. The smallest absolute Gasteiger partial charge is 0.296 e. The molecule has 0 saturated heterocycles. The first-order valence-electron chi connectivity index (χ1n) is 9.96. The van der Waals surface area contributed by atoms with Crippen molar-refractivity contribution in [1.82, 2.24) is 4.98 Å². The zero-order valence-electron chi connectivity index (χ0n) is 17.3. The van der Waals surface area contributed by atoms with Crippen LogP contribution in [0.2, 0.25) is 0 Å². The monoisotopic (exact) mass is 414 g/mol. The SMILES string of the molecule is Cc1cccc(N2C(=O)c3oc4cc(C)c(C)cc4c(=O)c3C2c2ccccc2F)n1. The summed E-state index contributed by atoms with van der Waals surface area (Å²) in [5.74, 6) is -0.762. The number of aryl methyl sites for hydroxylation is 3. The molecule has 1 unspecified atom stereocenters. The molecule has 0 radical (unpaired) electrons. The number of rotatable bonds is 2. The summed E-state index contributed by atoms with van der Waals surface area (Å²) in [6.07, 6.45) is 0. The molecule has 0 fully saturated rings. The molecule has 154 valence electrons. The van der Waals surface area contributed by atoms with E-state index in [1.165, 1.54) is 11.0 Å². The molecule has 1 atom stereocenters. The molecule has 31 heavy (non-hydrogen) atoms. The van der Waals surface area contributed by atoms with Gasteiger partial charge in [0.05, 0.1) is 17.0 Å². The summed E-state index contributed by atoms with van der Waals surface area (Å²) < 4.78 is 20.9. The van der Waals surface area contributed by atoms with Crippen LogP contribution in [0, 0.1) is 26.6 Å². The Labute approximate surface area is 177 Å². The number of fused-ring (bicyclic) bond motifs is 2. The third kappa shape index (κ3) is 2.86. The van der Waals surface area contributed by atoms with Gasteiger partial charge in [-0.1, -0.05) is 24.3 Å². The van der Waals surface area contributed by atoms with Gasteiger partial charge in [-0.15, -0.1) is 0 Å². The van der Waals surface area contributed by atoms with Crippen molar-refractivity contribution in [3.63, 3.8) is 0 Å². The van der Waals surface area contributed by atoms with Crippen LogP contribution in [0.1, 0.15) is 44.5 Å². The molecule has 5 nitrogen and oxygen atoms in total. The van der Waals surface area contributed by atoms with Gasteiger partial charge in [-0.2, -0.15) is 0 Å². The minimum absolute atomic E-state index is 0.0719. The van der Waals surface area contributed by atoms with Crippen LogP contribution in [-0.4, -0.2) is 10.9 Å². The largest absolute Gasteiger partial charge is 0.450 e. The van der Waals surface area contributed by atoms with E-state index in [4.69, 9.17) is 4.42 Å². The molecule has 5 rings (SSSR count). The molecule has 0 aliphatic carbocycles. The third-order valence-corrected chi connectivity index (χ3v) is 5.81. The van der Waals surface area contributed by atoms with E-state index in [-0.39, 0.29) is 22.3 Å². The highest BCUT2D eigenvalue weighted by Crippen LogP contribution is 2.41. The fourth-order valence-corrected chi connectivity index (χ4v) is 4.12. The Bertz CT molecular complexity index is 1440. The lowest BCUT2D eigenvalue weighted by atomic mass is 9.97. The van der Waals surface area contributed by atoms with Crippen LogP contribution in [0.4, 0.5) is 10.2 Å². The van der Waals surface area contributed by atoms with Crippen LogP contribution in [0.25, 0.3) is 11.0 Å². The lowest BCUT2D eigenvalue weighted by Gasteiger charge is -2.24. The van der Waals surface area contributed by atoms with E-state index in [1.807, 2.05) is 13.8 Å². The van der Waals surface area contributed by atoms with Gasteiger partial charge in [0, 0.05) is 11.3 Å². The molecule has 2 aromatic heterocycles. The Morgan fingerprint density at radius 1 is 0.968 bits per heavy atom. The number of hydrogen-bond acceptors (Lipinski definition) is 4. The van der Waals surface area contributed by atoms with Gasteiger partial charge in [0.25, 0.3) is 5.91 Å². The van der Waals surface area contributed by atoms with Crippen LogP contribution in [0.15, 0.2) is 63.8 Å². The minimum atomic E-state index is -0.972. The summed E-state index contributed by atoms with van der Waals surface area (Å²) in [6.45, 7) is 5.62. The van der Waals surface area contributed by atoms with Crippen molar-refractivity contribution in [1.29, 1.82) is 0 Å². The molecule has 2 aromatic carbocycles. The molecule has 6 heteroatoms. The van der Waals surface area contributed by atoms with Crippen molar-refractivity contribution in [3.05, 3.63) is 104 Å². The summed E-state index contributed by atoms with van der Waals surface area (Å²) in [5.41, 5.74) is 2.93. The first-order chi connectivity index (χ1) is 14.9. The number of carbonyl (C=O) groups is 1. The van der Waals surface area contributed by atoms with E-state index in [9.17, 15) is 14.0 Å². The second-order valence-electron chi connectivity index (χ2n) is 7.84. The third-order valence-electron chi connectivity index (χ3n) is 5.81. The zero-order chi connectivity index (χ0) is 21.9.